The molecule has 1 aromatic carbocycles. The van der Waals surface area contributed by atoms with Gasteiger partial charge in [0.2, 0.25) is 5.91 Å². The topological polar surface area (TPSA) is 46.3 Å². The summed E-state index contributed by atoms with van der Waals surface area (Å²) in [4.78, 5) is 13.4. The number of nitrogens with zero attached hydrogens (tertiary/aromatic N) is 1. The van der Waals surface area contributed by atoms with Crippen LogP contribution in [0, 0.1) is 0 Å². The van der Waals surface area contributed by atoms with Gasteiger partial charge in [-0.15, -0.1) is 0 Å². The third-order valence-corrected chi connectivity index (χ3v) is 3.41. The van der Waals surface area contributed by atoms with Gasteiger partial charge in [-0.05, 0) is 25.1 Å². The van der Waals surface area contributed by atoms with E-state index >= 15 is 0 Å². The first-order valence-electron chi connectivity index (χ1n) is 5.03. The highest BCUT2D eigenvalue weighted by Gasteiger charge is 2.36. The second-order valence-corrected chi connectivity index (χ2v) is 4.81. The van der Waals surface area contributed by atoms with Gasteiger partial charge in [0.25, 0.3) is 0 Å². The van der Waals surface area contributed by atoms with Crippen molar-refractivity contribution in [3.05, 3.63) is 28.2 Å². The van der Waals surface area contributed by atoms with E-state index in [0.29, 0.717) is 22.2 Å². The van der Waals surface area contributed by atoms with E-state index in [0.717, 1.165) is 0 Å². The van der Waals surface area contributed by atoms with Crippen molar-refractivity contribution in [2.24, 2.45) is 5.73 Å². The van der Waals surface area contributed by atoms with Crippen molar-refractivity contribution < 1.29 is 4.79 Å². The first-order valence-corrected chi connectivity index (χ1v) is 5.79. The molecule has 2 rings (SSSR count). The molecule has 0 aliphatic carbocycles. The van der Waals surface area contributed by atoms with Crippen molar-refractivity contribution in [2.75, 3.05) is 4.90 Å². The summed E-state index contributed by atoms with van der Waals surface area (Å²) in [7, 11) is 0. The van der Waals surface area contributed by atoms with Crippen LogP contribution < -0.4 is 10.6 Å². The number of nitrogens with two attached hydrogens (primary N) is 1. The average Bonchev–Trinajstić information content (AvgIpc) is 2.43. The molecule has 5 heteroatoms. The summed E-state index contributed by atoms with van der Waals surface area (Å²) in [6.07, 6.45) is 0.361. The van der Waals surface area contributed by atoms with Gasteiger partial charge < -0.3 is 10.6 Å². The van der Waals surface area contributed by atoms with E-state index in [1.54, 1.807) is 23.1 Å². The van der Waals surface area contributed by atoms with Crippen molar-refractivity contribution >= 4 is 34.8 Å². The number of carbonyl (C=O) groups is 1. The van der Waals surface area contributed by atoms with Crippen LogP contribution in [0.5, 0.6) is 0 Å². The molecule has 16 heavy (non-hydrogen) atoms. The predicted molar refractivity (Wildman–Crippen MR) is 66.0 cm³/mol. The molecule has 0 radical (unpaired) electrons. The Balaban J connectivity index is 2.40. The number of anilines is 1. The molecule has 1 amide bonds. The molecule has 86 valence electrons. The van der Waals surface area contributed by atoms with E-state index in [4.69, 9.17) is 28.9 Å². The summed E-state index contributed by atoms with van der Waals surface area (Å²) >= 11 is 11.9. The van der Waals surface area contributed by atoms with E-state index < -0.39 is 0 Å². The van der Waals surface area contributed by atoms with Crippen LogP contribution in [0.3, 0.4) is 0 Å². The van der Waals surface area contributed by atoms with Crippen LogP contribution in [0.25, 0.3) is 0 Å². The van der Waals surface area contributed by atoms with Crippen molar-refractivity contribution in [3.8, 4) is 0 Å². The van der Waals surface area contributed by atoms with Crippen molar-refractivity contribution in [3.63, 3.8) is 0 Å². The third-order valence-electron chi connectivity index (χ3n) is 2.88. The SMILES string of the molecule is CC1C(N)CC(=O)N1c1ccc(Cl)cc1Cl. The molecule has 2 unspecified atom stereocenters. The Labute approximate surface area is 104 Å². The molecule has 2 atom stereocenters. The van der Waals surface area contributed by atoms with Gasteiger partial charge in [0.1, 0.15) is 0 Å². The van der Waals surface area contributed by atoms with E-state index in [1.807, 2.05) is 6.92 Å². The van der Waals surface area contributed by atoms with E-state index in [2.05, 4.69) is 0 Å². The molecule has 2 N–H and O–H groups in total. The lowest BCUT2D eigenvalue weighted by atomic mass is 10.1. The zero-order chi connectivity index (χ0) is 11.9. The van der Waals surface area contributed by atoms with E-state index in [1.165, 1.54) is 0 Å². The Morgan fingerprint density at radius 2 is 2.12 bits per heavy atom. The van der Waals surface area contributed by atoms with Crippen LogP contribution in [0.2, 0.25) is 10.0 Å². The van der Waals surface area contributed by atoms with Crippen LogP contribution in [-0.2, 0) is 4.79 Å². The molecule has 0 saturated carbocycles. The molecule has 1 aromatic rings. The van der Waals surface area contributed by atoms with E-state index in [-0.39, 0.29) is 18.0 Å². The monoisotopic (exact) mass is 258 g/mol. The van der Waals surface area contributed by atoms with Crippen LogP contribution >= 0.6 is 23.2 Å². The maximum atomic E-state index is 11.8. The molecule has 1 aliphatic heterocycles. The zero-order valence-electron chi connectivity index (χ0n) is 8.78. The number of benzene rings is 1. The van der Waals surface area contributed by atoms with Crippen molar-refractivity contribution in [1.29, 1.82) is 0 Å². The number of amides is 1. The first-order chi connectivity index (χ1) is 7.50. The molecular formula is C11H12Cl2N2O. The van der Waals surface area contributed by atoms with Gasteiger partial charge in [0, 0.05) is 23.5 Å². The van der Waals surface area contributed by atoms with Crippen LogP contribution in [0.1, 0.15) is 13.3 Å². The second kappa shape index (κ2) is 4.24. The minimum absolute atomic E-state index is 0.00391. The van der Waals surface area contributed by atoms with Crippen LogP contribution in [0.15, 0.2) is 18.2 Å². The maximum Gasteiger partial charge on any atom is 0.228 e. The minimum atomic E-state index is -0.140. The van der Waals surface area contributed by atoms with E-state index in [9.17, 15) is 4.79 Å². The average molecular weight is 259 g/mol. The Bertz CT molecular complexity index is 436. The quantitative estimate of drug-likeness (QED) is 0.841. The molecule has 1 saturated heterocycles. The molecule has 0 bridgehead atoms. The number of hydrogen-bond acceptors (Lipinski definition) is 2. The normalized spacial score (nSPS) is 25.2. The van der Waals surface area contributed by atoms with Crippen LogP contribution in [-0.4, -0.2) is 18.0 Å². The first kappa shape index (κ1) is 11.7. The number of carbonyl (C=O) groups excluding carboxylic acids is 1. The largest absolute Gasteiger partial charge is 0.325 e. The summed E-state index contributed by atoms with van der Waals surface area (Å²) in [6, 6.07) is 4.91. The summed E-state index contributed by atoms with van der Waals surface area (Å²) in [5.74, 6) is 0.00391. The fraction of sp³-hybridized carbons (Fsp3) is 0.364. The fourth-order valence-electron chi connectivity index (χ4n) is 1.92. The number of rotatable bonds is 1. The van der Waals surface area contributed by atoms with Gasteiger partial charge in [0.15, 0.2) is 0 Å². The van der Waals surface area contributed by atoms with Crippen molar-refractivity contribution in [1.82, 2.24) is 0 Å². The molecule has 3 nitrogen and oxygen atoms in total. The minimum Gasteiger partial charge on any atom is -0.325 e. The third kappa shape index (κ3) is 1.90. The Morgan fingerprint density at radius 1 is 1.44 bits per heavy atom. The number of hydrogen-bond donors (Lipinski definition) is 1. The fourth-order valence-corrected chi connectivity index (χ4v) is 2.42. The lowest BCUT2D eigenvalue weighted by Gasteiger charge is -2.24. The molecule has 0 aromatic heterocycles. The predicted octanol–water partition coefficient (Wildman–Crippen LogP) is 2.45. The Morgan fingerprint density at radius 3 is 2.62 bits per heavy atom. The zero-order valence-corrected chi connectivity index (χ0v) is 10.3. The Hall–Kier alpha value is -0.770. The summed E-state index contributed by atoms with van der Waals surface area (Å²) < 4.78 is 0. The van der Waals surface area contributed by atoms with Gasteiger partial charge in [-0.25, -0.2) is 0 Å². The highest BCUT2D eigenvalue weighted by Crippen LogP contribution is 2.33. The van der Waals surface area contributed by atoms with Gasteiger partial charge in [-0.2, -0.15) is 0 Å². The standard InChI is InChI=1S/C11H12Cl2N2O/c1-6-9(14)5-11(16)15(6)10-3-2-7(12)4-8(10)13/h2-4,6,9H,5,14H2,1H3. The van der Waals surface area contributed by atoms with Crippen molar-refractivity contribution in [2.45, 2.75) is 25.4 Å². The summed E-state index contributed by atoms with van der Waals surface area (Å²) in [6.45, 7) is 1.92. The molecular weight excluding hydrogens is 247 g/mol. The smallest absolute Gasteiger partial charge is 0.228 e. The lowest BCUT2D eigenvalue weighted by molar-refractivity contribution is -0.117. The highest BCUT2D eigenvalue weighted by molar-refractivity contribution is 6.36. The Kier molecular flexibility index (Phi) is 3.10. The molecule has 1 heterocycles. The summed E-state index contributed by atoms with van der Waals surface area (Å²) in [5, 5.41) is 1.03. The maximum absolute atomic E-state index is 11.8. The highest BCUT2D eigenvalue weighted by atomic mass is 35.5. The van der Waals surface area contributed by atoms with Crippen LogP contribution in [0.4, 0.5) is 5.69 Å². The van der Waals surface area contributed by atoms with Gasteiger partial charge in [0.05, 0.1) is 10.7 Å². The molecule has 1 fully saturated rings. The molecule has 0 spiro atoms. The summed E-state index contributed by atoms with van der Waals surface area (Å²) in [5.41, 5.74) is 6.52. The van der Waals surface area contributed by atoms with Gasteiger partial charge in [-0.3, -0.25) is 4.79 Å². The lowest BCUT2D eigenvalue weighted by Crippen LogP contribution is -2.38. The molecule has 1 aliphatic rings. The van der Waals surface area contributed by atoms with Gasteiger partial charge in [-0.1, -0.05) is 23.2 Å². The van der Waals surface area contributed by atoms with Gasteiger partial charge >= 0.3 is 0 Å². The second-order valence-electron chi connectivity index (χ2n) is 3.97. The number of halogens is 2.